The van der Waals surface area contributed by atoms with Gasteiger partial charge in [-0.25, -0.2) is 10.9 Å². The number of hydrogen-bond acceptors (Lipinski definition) is 4. The van der Waals surface area contributed by atoms with Crippen LogP contribution < -0.4 is 10.9 Å². The highest BCUT2D eigenvalue weighted by molar-refractivity contribution is 5.90. The van der Waals surface area contributed by atoms with Gasteiger partial charge in [-0.3, -0.25) is 9.59 Å². The quantitative estimate of drug-likeness (QED) is 0.159. The zero-order valence-corrected chi connectivity index (χ0v) is 22.9. The highest BCUT2D eigenvalue weighted by Gasteiger charge is 2.23. The van der Waals surface area contributed by atoms with E-state index in [1.807, 2.05) is 146 Å². The largest absolute Gasteiger partial charge is 0.272 e. The van der Waals surface area contributed by atoms with Crippen molar-refractivity contribution in [3.05, 3.63) is 179 Å². The van der Waals surface area contributed by atoms with Crippen molar-refractivity contribution < 1.29 is 9.59 Å². The lowest BCUT2D eigenvalue weighted by molar-refractivity contribution is -0.122. The lowest BCUT2D eigenvalue weighted by Gasteiger charge is -2.16. The van der Waals surface area contributed by atoms with Crippen LogP contribution in [0, 0.1) is 0 Å². The van der Waals surface area contributed by atoms with Crippen LogP contribution in [0.1, 0.15) is 45.2 Å². The van der Waals surface area contributed by atoms with Gasteiger partial charge in [0.15, 0.2) is 0 Å². The van der Waals surface area contributed by atoms with E-state index in [9.17, 15) is 9.59 Å². The summed E-state index contributed by atoms with van der Waals surface area (Å²) in [6, 6.07) is 46.0. The summed E-state index contributed by atoms with van der Waals surface area (Å²) in [6.45, 7) is 0. The predicted molar refractivity (Wildman–Crippen MR) is 167 cm³/mol. The van der Waals surface area contributed by atoms with Crippen LogP contribution >= 0.6 is 0 Å². The molecule has 0 heterocycles. The minimum absolute atomic E-state index is 0.215. The van der Waals surface area contributed by atoms with E-state index in [-0.39, 0.29) is 11.8 Å². The summed E-state index contributed by atoms with van der Waals surface area (Å²) in [5.41, 5.74) is 10.6. The maximum atomic E-state index is 13.1. The summed E-state index contributed by atoms with van der Waals surface area (Å²) in [5, 5.41) is 8.38. The van der Waals surface area contributed by atoms with Gasteiger partial charge in [0.05, 0.1) is 24.3 Å². The summed E-state index contributed by atoms with van der Waals surface area (Å²) in [7, 11) is 0. The lowest BCUT2D eigenvalue weighted by atomic mass is 9.91. The van der Waals surface area contributed by atoms with Crippen molar-refractivity contribution >= 4 is 24.2 Å². The summed E-state index contributed by atoms with van der Waals surface area (Å²) in [5.74, 6) is -1.37. The van der Waals surface area contributed by atoms with Gasteiger partial charge in [-0.2, -0.15) is 10.2 Å². The minimum Gasteiger partial charge on any atom is -0.272 e. The molecule has 0 fully saturated rings. The van der Waals surface area contributed by atoms with Crippen LogP contribution in [-0.2, 0) is 9.59 Å². The van der Waals surface area contributed by atoms with Gasteiger partial charge in [0.2, 0.25) is 0 Å². The molecule has 206 valence electrons. The molecule has 5 aromatic rings. The van der Waals surface area contributed by atoms with Crippen LogP contribution in [0.3, 0.4) is 0 Å². The highest BCUT2D eigenvalue weighted by atomic mass is 16.2. The van der Waals surface area contributed by atoms with E-state index in [0.717, 1.165) is 33.4 Å². The average molecular weight is 551 g/mol. The molecule has 2 N–H and O–H groups in total. The first-order chi connectivity index (χ1) is 20.7. The van der Waals surface area contributed by atoms with Crippen LogP contribution in [0.15, 0.2) is 156 Å². The number of nitrogens with zero attached hydrogens (tertiary/aromatic N) is 2. The summed E-state index contributed by atoms with van der Waals surface area (Å²) in [4.78, 5) is 26.2. The molecule has 42 heavy (non-hydrogen) atoms. The number of rotatable bonds is 10. The number of nitrogens with one attached hydrogen (secondary N) is 2. The first-order valence-electron chi connectivity index (χ1n) is 13.6. The Labute approximate surface area is 245 Å². The first kappa shape index (κ1) is 27.9. The molecule has 2 amide bonds. The van der Waals surface area contributed by atoms with Gasteiger partial charge in [-0.1, -0.05) is 146 Å². The topological polar surface area (TPSA) is 82.9 Å². The molecular formula is C36H30N4O2. The second-order valence-corrected chi connectivity index (χ2v) is 9.64. The molecule has 5 rings (SSSR count). The van der Waals surface area contributed by atoms with E-state index in [1.165, 1.54) is 0 Å². The summed E-state index contributed by atoms with van der Waals surface area (Å²) < 4.78 is 0. The van der Waals surface area contributed by atoms with E-state index in [1.54, 1.807) is 12.4 Å². The Morgan fingerprint density at radius 3 is 0.952 bits per heavy atom. The molecule has 0 bridgehead atoms. The van der Waals surface area contributed by atoms with Crippen molar-refractivity contribution in [2.24, 2.45) is 10.2 Å². The minimum atomic E-state index is -0.471. The van der Waals surface area contributed by atoms with Gasteiger partial charge in [0.25, 0.3) is 11.8 Å². The first-order valence-corrected chi connectivity index (χ1v) is 13.6. The van der Waals surface area contributed by atoms with Gasteiger partial charge in [-0.15, -0.1) is 0 Å². The Morgan fingerprint density at radius 2 is 0.690 bits per heavy atom. The molecule has 0 radical (unpaired) electrons. The number of hydrazone groups is 2. The Hall–Kier alpha value is -5.62. The van der Waals surface area contributed by atoms with E-state index in [0.29, 0.717) is 0 Å². The van der Waals surface area contributed by atoms with Crippen LogP contribution in [0.25, 0.3) is 0 Å². The molecule has 0 aliphatic heterocycles. The molecule has 0 aromatic heterocycles. The van der Waals surface area contributed by atoms with Crippen molar-refractivity contribution in [2.75, 3.05) is 0 Å². The molecule has 5 aromatic carbocycles. The van der Waals surface area contributed by atoms with Crippen molar-refractivity contribution in [2.45, 2.75) is 11.8 Å². The molecule has 0 saturated carbocycles. The zero-order chi connectivity index (χ0) is 29.0. The third-order valence-corrected chi connectivity index (χ3v) is 6.77. The fourth-order valence-electron chi connectivity index (χ4n) is 4.71. The standard InChI is InChI=1S/C36H30N4O2/c41-35(33(29-13-5-1-6-14-29)30-15-7-2-8-16-30)39-37-25-27-21-23-28(24-22-27)26-38-40-36(42)34(31-17-9-3-10-18-31)32-19-11-4-12-20-32/h1-26,33-34H,(H,39,41)(H,40,42). The fraction of sp³-hybridized carbons (Fsp3) is 0.0556. The third-order valence-electron chi connectivity index (χ3n) is 6.77. The summed E-state index contributed by atoms with van der Waals surface area (Å²) in [6.07, 6.45) is 3.19. The number of hydrogen-bond donors (Lipinski definition) is 2. The van der Waals surface area contributed by atoms with Gasteiger partial charge in [0.1, 0.15) is 0 Å². The molecule has 0 unspecified atom stereocenters. The molecular weight excluding hydrogens is 520 g/mol. The number of amides is 2. The zero-order valence-electron chi connectivity index (χ0n) is 22.9. The normalized spacial score (nSPS) is 11.3. The van der Waals surface area contributed by atoms with Crippen LogP contribution in [0.5, 0.6) is 0 Å². The SMILES string of the molecule is O=C(NN=Cc1ccc(C=NNC(=O)C(c2ccccc2)c2ccccc2)cc1)C(c1ccccc1)c1ccccc1. The fourth-order valence-corrected chi connectivity index (χ4v) is 4.71. The van der Waals surface area contributed by atoms with E-state index in [4.69, 9.17) is 0 Å². The smallest absolute Gasteiger partial charge is 0.252 e. The Morgan fingerprint density at radius 1 is 0.429 bits per heavy atom. The number of carbonyl (C=O) groups excluding carboxylic acids is 2. The molecule has 0 aliphatic rings. The second kappa shape index (κ2) is 14.1. The molecule has 0 aliphatic carbocycles. The molecule has 6 nitrogen and oxygen atoms in total. The Kier molecular flexibility index (Phi) is 9.40. The Balaban J connectivity index is 1.20. The highest BCUT2D eigenvalue weighted by Crippen LogP contribution is 2.25. The van der Waals surface area contributed by atoms with E-state index >= 15 is 0 Å². The van der Waals surface area contributed by atoms with Crippen LogP contribution in [0.4, 0.5) is 0 Å². The van der Waals surface area contributed by atoms with Crippen LogP contribution in [0.2, 0.25) is 0 Å². The van der Waals surface area contributed by atoms with Crippen LogP contribution in [-0.4, -0.2) is 24.2 Å². The van der Waals surface area contributed by atoms with Gasteiger partial charge >= 0.3 is 0 Å². The number of carbonyl (C=O) groups is 2. The van der Waals surface area contributed by atoms with E-state index in [2.05, 4.69) is 21.1 Å². The van der Waals surface area contributed by atoms with Gasteiger partial charge < -0.3 is 0 Å². The molecule has 6 heteroatoms. The third kappa shape index (κ3) is 7.31. The molecule has 0 spiro atoms. The monoisotopic (exact) mass is 550 g/mol. The van der Waals surface area contributed by atoms with E-state index < -0.39 is 11.8 Å². The Bertz CT molecular complexity index is 1430. The van der Waals surface area contributed by atoms with Crippen molar-refractivity contribution in [1.82, 2.24) is 10.9 Å². The van der Waals surface area contributed by atoms with Gasteiger partial charge in [-0.05, 0) is 33.4 Å². The maximum absolute atomic E-state index is 13.1. The molecule has 0 saturated heterocycles. The lowest BCUT2D eigenvalue weighted by Crippen LogP contribution is -2.26. The predicted octanol–water partition coefficient (Wildman–Crippen LogP) is 6.25. The maximum Gasteiger partial charge on any atom is 0.252 e. The van der Waals surface area contributed by atoms with Crippen molar-refractivity contribution in [3.63, 3.8) is 0 Å². The molecule has 0 atom stereocenters. The van der Waals surface area contributed by atoms with Crippen molar-refractivity contribution in [1.29, 1.82) is 0 Å². The average Bonchev–Trinajstić information content (AvgIpc) is 3.04. The van der Waals surface area contributed by atoms with Gasteiger partial charge in [0, 0.05) is 0 Å². The number of benzene rings is 5. The van der Waals surface area contributed by atoms with Crippen molar-refractivity contribution in [3.8, 4) is 0 Å². The summed E-state index contributed by atoms with van der Waals surface area (Å²) >= 11 is 0. The second-order valence-electron chi connectivity index (χ2n) is 9.64.